The number of nitrogens with zero attached hydrogens (tertiary/aromatic N) is 1. The number of rotatable bonds is 5. The monoisotopic (exact) mass is 256 g/mol. The lowest BCUT2D eigenvalue weighted by molar-refractivity contribution is -0.141. The molecule has 0 saturated heterocycles. The number of aliphatic carboxylic acids is 1. The number of carbonyl (C=O) groups is 2. The molecule has 0 heterocycles. The van der Waals surface area contributed by atoms with Crippen LogP contribution in [0.25, 0.3) is 0 Å². The second-order valence-electron chi connectivity index (χ2n) is 5.39. The van der Waals surface area contributed by atoms with Crippen LogP contribution in [0.15, 0.2) is 0 Å². The molecule has 1 aliphatic rings. The molecule has 0 radical (unpaired) electrons. The molecule has 0 bridgehead atoms. The van der Waals surface area contributed by atoms with Crippen LogP contribution in [0.4, 0.5) is 0 Å². The fraction of sp³-hybridized carbons (Fsp3) is 0.846. The molecule has 2 unspecified atom stereocenters. The quantitative estimate of drug-likeness (QED) is 0.774. The van der Waals surface area contributed by atoms with E-state index in [0.717, 1.165) is 12.8 Å². The summed E-state index contributed by atoms with van der Waals surface area (Å²) in [7, 11) is 0. The maximum absolute atomic E-state index is 12.4. The molecule has 0 spiro atoms. The summed E-state index contributed by atoms with van der Waals surface area (Å²) >= 11 is 0. The summed E-state index contributed by atoms with van der Waals surface area (Å²) < 4.78 is 0. The van der Waals surface area contributed by atoms with E-state index in [1.807, 2.05) is 6.92 Å². The maximum atomic E-state index is 12.4. The molecule has 18 heavy (non-hydrogen) atoms. The third-order valence-corrected chi connectivity index (χ3v) is 3.72. The van der Waals surface area contributed by atoms with Crippen LogP contribution in [0.2, 0.25) is 0 Å². The predicted octanol–water partition coefficient (Wildman–Crippen LogP) is 1.22. The van der Waals surface area contributed by atoms with Gasteiger partial charge in [0.1, 0.15) is 0 Å². The molecular formula is C13H24N2O3. The lowest BCUT2D eigenvalue weighted by Crippen LogP contribution is -2.57. The number of carboxylic acids is 1. The van der Waals surface area contributed by atoms with Crippen LogP contribution in [0.3, 0.4) is 0 Å². The molecule has 1 amide bonds. The van der Waals surface area contributed by atoms with Gasteiger partial charge < -0.3 is 15.7 Å². The second-order valence-corrected chi connectivity index (χ2v) is 5.39. The summed E-state index contributed by atoms with van der Waals surface area (Å²) in [5.74, 6) is -0.506. The summed E-state index contributed by atoms with van der Waals surface area (Å²) in [6.07, 6.45) is 3.48. The summed E-state index contributed by atoms with van der Waals surface area (Å²) in [5, 5.41) is 8.69. The number of nitrogens with two attached hydrogens (primary N) is 1. The molecule has 104 valence electrons. The Labute approximate surface area is 108 Å². The Bertz CT molecular complexity index is 319. The van der Waals surface area contributed by atoms with E-state index in [1.54, 1.807) is 4.90 Å². The first-order valence-electron chi connectivity index (χ1n) is 6.69. The summed E-state index contributed by atoms with van der Waals surface area (Å²) in [5.41, 5.74) is 5.45. The molecule has 0 aromatic rings. The number of carbonyl (C=O) groups excluding carboxylic acids is 1. The highest BCUT2D eigenvalue weighted by Gasteiger charge is 2.40. The number of likely N-dealkylation sites (N-methyl/N-ethyl adjacent to an activating group) is 1. The van der Waals surface area contributed by atoms with Gasteiger partial charge in [0.25, 0.3) is 0 Å². The van der Waals surface area contributed by atoms with Gasteiger partial charge in [-0.05, 0) is 25.7 Å². The van der Waals surface area contributed by atoms with Gasteiger partial charge in [0.2, 0.25) is 5.91 Å². The minimum Gasteiger partial charge on any atom is -0.481 e. The summed E-state index contributed by atoms with van der Waals surface area (Å²) in [6, 6.07) is 0. The van der Waals surface area contributed by atoms with E-state index in [0.29, 0.717) is 25.3 Å². The first-order chi connectivity index (χ1) is 8.39. The van der Waals surface area contributed by atoms with E-state index in [2.05, 4.69) is 6.92 Å². The zero-order chi connectivity index (χ0) is 13.8. The highest BCUT2D eigenvalue weighted by Crippen LogP contribution is 2.31. The Morgan fingerprint density at radius 1 is 1.50 bits per heavy atom. The molecular weight excluding hydrogens is 232 g/mol. The first kappa shape index (κ1) is 15.0. The first-order valence-corrected chi connectivity index (χ1v) is 6.69. The Hall–Kier alpha value is -1.10. The molecule has 0 aromatic heterocycles. The molecule has 5 nitrogen and oxygen atoms in total. The van der Waals surface area contributed by atoms with Crippen LogP contribution < -0.4 is 5.73 Å². The number of carboxylic acid groups (broad SMARTS) is 1. The zero-order valence-corrected chi connectivity index (χ0v) is 11.3. The van der Waals surface area contributed by atoms with E-state index < -0.39 is 11.5 Å². The molecule has 5 heteroatoms. The molecule has 2 atom stereocenters. The van der Waals surface area contributed by atoms with E-state index in [9.17, 15) is 9.59 Å². The Kier molecular flexibility index (Phi) is 5.14. The normalized spacial score (nSPS) is 27.8. The van der Waals surface area contributed by atoms with Gasteiger partial charge in [-0.3, -0.25) is 9.59 Å². The van der Waals surface area contributed by atoms with Crippen LogP contribution in [0, 0.1) is 5.92 Å². The fourth-order valence-corrected chi connectivity index (χ4v) is 2.73. The van der Waals surface area contributed by atoms with Crippen molar-refractivity contribution in [2.45, 2.75) is 51.5 Å². The van der Waals surface area contributed by atoms with Crippen molar-refractivity contribution in [3.8, 4) is 0 Å². The van der Waals surface area contributed by atoms with Crippen LogP contribution in [-0.4, -0.2) is 40.5 Å². The van der Waals surface area contributed by atoms with E-state index in [4.69, 9.17) is 10.8 Å². The molecule has 3 N–H and O–H groups in total. The highest BCUT2D eigenvalue weighted by molar-refractivity contribution is 5.86. The lowest BCUT2D eigenvalue weighted by Gasteiger charge is -2.38. The maximum Gasteiger partial charge on any atom is 0.305 e. The third-order valence-electron chi connectivity index (χ3n) is 3.72. The predicted molar refractivity (Wildman–Crippen MR) is 69.1 cm³/mol. The standard InChI is InChI=1S/C13H24N2O3/c1-3-15(8-6-11(16)17)12(18)13(14)7-4-5-10(2)9-13/h10H,3-9,14H2,1-2H3,(H,16,17). The average Bonchev–Trinajstić information content (AvgIpc) is 2.28. The van der Waals surface area contributed by atoms with Crippen molar-refractivity contribution < 1.29 is 14.7 Å². The second kappa shape index (κ2) is 6.18. The minimum absolute atomic E-state index is 0.0226. The third kappa shape index (κ3) is 3.70. The van der Waals surface area contributed by atoms with Crippen LogP contribution in [-0.2, 0) is 9.59 Å². The van der Waals surface area contributed by atoms with Gasteiger partial charge in [-0.15, -0.1) is 0 Å². The smallest absolute Gasteiger partial charge is 0.305 e. The summed E-state index contributed by atoms with van der Waals surface area (Å²) in [6.45, 7) is 4.73. The molecule has 0 aromatic carbocycles. The topological polar surface area (TPSA) is 83.6 Å². The van der Waals surface area contributed by atoms with Crippen molar-refractivity contribution in [2.75, 3.05) is 13.1 Å². The number of hydrogen-bond acceptors (Lipinski definition) is 3. The van der Waals surface area contributed by atoms with Gasteiger partial charge in [0.15, 0.2) is 0 Å². The molecule has 1 rings (SSSR count). The zero-order valence-electron chi connectivity index (χ0n) is 11.3. The van der Waals surface area contributed by atoms with Crippen molar-refractivity contribution in [2.24, 2.45) is 11.7 Å². The van der Waals surface area contributed by atoms with Crippen molar-refractivity contribution in [3.05, 3.63) is 0 Å². The van der Waals surface area contributed by atoms with E-state index in [-0.39, 0.29) is 18.9 Å². The minimum atomic E-state index is -0.885. The van der Waals surface area contributed by atoms with E-state index >= 15 is 0 Å². The van der Waals surface area contributed by atoms with Crippen LogP contribution >= 0.6 is 0 Å². The van der Waals surface area contributed by atoms with Crippen LogP contribution in [0.5, 0.6) is 0 Å². The SMILES string of the molecule is CCN(CCC(=O)O)C(=O)C1(N)CCCC(C)C1. The van der Waals surface area contributed by atoms with Crippen molar-refractivity contribution >= 4 is 11.9 Å². The fourth-order valence-electron chi connectivity index (χ4n) is 2.73. The van der Waals surface area contributed by atoms with Gasteiger partial charge in [-0.25, -0.2) is 0 Å². The largest absolute Gasteiger partial charge is 0.481 e. The van der Waals surface area contributed by atoms with Crippen LogP contribution in [0.1, 0.15) is 46.0 Å². The molecule has 1 fully saturated rings. The average molecular weight is 256 g/mol. The van der Waals surface area contributed by atoms with Crippen molar-refractivity contribution in [3.63, 3.8) is 0 Å². The lowest BCUT2D eigenvalue weighted by atomic mass is 9.76. The van der Waals surface area contributed by atoms with Gasteiger partial charge in [-0.1, -0.05) is 19.8 Å². The van der Waals surface area contributed by atoms with Gasteiger partial charge in [0.05, 0.1) is 12.0 Å². The van der Waals surface area contributed by atoms with Gasteiger partial charge >= 0.3 is 5.97 Å². The molecule has 1 saturated carbocycles. The Balaban J connectivity index is 2.66. The van der Waals surface area contributed by atoms with Gasteiger partial charge in [0, 0.05) is 13.1 Å². The molecule has 1 aliphatic carbocycles. The number of amides is 1. The van der Waals surface area contributed by atoms with Crippen molar-refractivity contribution in [1.82, 2.24) is 4.90 Å². The Morgan fingerprint density at radius 3 is 2.67 bits per heavy atom. The highest BCUT2D eigenvalue weighted by atomic mass is 16.4. The molecule has 0 aliphatic heterocycles. The summed E-state index contributed by atoms with van der Waals surface area (Å²) in [4.78, 5) is 24.6. The number of hydrogen-bond donors (Lipinski definition) is 2. The Morgan fingerprint density at radius 2 is 2.17 bits per heavy atom. The van der Waals surface area contributed by atoms with Gasteiger partial charge in [-0.2, -0.15) is 0 Å². The van der Waals surface area contributed by atoms with E-state index in [1.165, 1.54) is 0 Å². The van der Waals surface area contributed by atoms with Crippen molar-refractivity contribution in [1.29, 1.82) is 0 Å².